The molecule has 0 radical (unpaired) electrons. The van der Waals surface area contributed by atoms with Crippen LogP contribution in [0, 0.1) is 0 Å². The summed E-state index contributed by atoms with van der Waals surface area (Å²) in [4.78, 5) is 19.4. The highest BCUT2D eigenvalue weighted by Crippen LogP contribution is 2.36. The lowest BCUT2D eigenvalue weighted by Gasteiger charge is -2.01. The van der Waals surface area contributed by atoms with Crippen LogP contribution in [0.1, 0.15) is 29.2 Å². The van der Waals surface area contributed by atoms with E-state index in [2.05, 4.69) is 32.0 Å². The number of H-pyrrole nitrogens is 1. The predicted octanol–water partition coefficient (Wildman–Crippen LogP) is 3.28. The van der Waals surface area contributed by atoms with Crippen LogP contribution < -0.4 is 5.73 Å². The molecule has 130 valence electrons. The van der Waals surface area contributed by atoms with Gasteiger partial charge in [0.15, 0.2) is 0 Å². The Bertz CT molecular complexity index is 1170. The summed E-state index contributed by atoms with van der Waals surface area (Å²) in [6.45, 7) is 0. The lowest BCUT2D eigenvalue weighted by Crippen LogP contribution is -2.03. The van der Waals surface area contributed by atoms with Crippen molar-refractivity contribution in [3.05, 3.63) is 42.2 Å². The normalized spacial score (nSPS) is 14.2. The van der Waals surface area contributed by atoms with Crippen molar-refractivity contribution in [1.29, 1.82) is 0 Å². The molecule has 5 rings (SSSR count). The standard InChI is InChI=1S/C19H17N5O2/c1-26-19(25)14-8-21-18(20)17-13(14)7-15(22-17)10-2-3-11-9-24(12-4-5-12)23-16(11)6-10/h2-3,6-9,12,22H,4-5H2,1H3,(H2,20,21). The molecule has 3 aromatic heterocycles. The molecule has 1 aromatic carbocycles. The van der Waals surface area contributed by atoms with Crippen LogP contribution in [0.4, 0.5) is 5.82 Å². The quantitative estimate of drug-likeness (QED) is 0.554. The lowest BCUT2D eigenvalue weighted by atomic mass is 10.1. The van der Waals surface area contributed by atoms with Gasteiger partial charge in [-0.1, -0.05) is 12.1 Å². The summed E-state index contributed by atoms with van der Waals surface area (Å²) in [7, 11) is 1.35. The number of nitrogens with two attached hydrogens (primary N) is 1. The van der Waals surface area contributed by atoms with Gasteiger partial charge in [0.25, 0.3) is 0 Å². The van der Waals surface area contributed by atoms with E-state index in [0.29, 0.717) is 28.3 Å². The van der Waals surface area contributed by atoms with Crippen LogP contribution in [0.3, 0.4) is 0 Å². The molecule has 0 bridgehead atoms. The van der Waals surface area contributed by atoms with Gasteiger partial charge in [-0.25, -0.2) is 9.78 Å². The fourth-order valence-electron chi connectivity index (χ4n) is 3.29. The van der Waals surface area contributed by atoms with Crippen molar-refractivity contribution in [2.75, 3.05) is 12.8 Å². The smallest absolute Gasteiger partial charge is 0.340 e. The SMILES string of the molecule is COC(=O)c1cnc(N)c2[nH]c(-c3ccc4cn(C5CC5)nc4c3)cc12. The number of methoxy groups -OCH3 is 1. The van der Waals surface area contributed by atoms with Gasteiger partial charge < -0.3 is 15.5 Å². The summed E-state index contributed by atoms with van der Waals surface area (Å²) in [5.74, 6) is -0.0929. The van der Waals surface area contributed by atoms with Crippen LogP contribution in [-0.4, -0.2) is 32.8 Å². The van der Waals surface area contributed by atoms with Gasteiger partial charge in [-0.05, 0) is 25.0 Å². The maximum atomic E-state index is 12.0. The number of benzene rings is 1. The highest BCUT2D eigenvalue weighted by molar-refractivity contribution is 6.07. The first kappa shape index (κ1) is 14.9. The molecule has 4 aromatic rings. The fraction of sp³-hybridized carbons (Fsp3) is 0.211. The van der Waals surface area contributed by atoms with Gasteiger partial charge >= 0.3 is 5.97 Å². The number of nitrogen functional groups attached to an aromatic ring is 1. The molecule has 1 fully saturated rings. The second-order valence-corrected chi connectivity index (χ2v) is 6.63. The van der Waals surface area contributed by atoms with E-state index < -0.39 is 5.97 Å². The Balaban J connectivity index is 1.65. The van der Waals surface area contributed by atoms with E-state index in [1.54, 1.807) is 0 Å². The molecular weight excluding hydrogens is 330 g/mol. The zero-order chi connectivity index (χ0) is 17.8. The fourth-order valence-corrected chi connectivity index (χ4v) is 3.29. The Hall–Kier alpha value is -3.35. The first-order valence-electron chi connectivity index (χ1n) is 8.49. The van der Waals surface area contributed by atoms with Gasteiger partial charge in [0.05, 0.1) is 29.7 Å². The maximum absolute atomic E-state index is 12.0. The average molecular weight is 347 g/mol. The van der Waals surface area contributed by atoms with Crippen molar-refractivity contribution >= 4 is 33.6 Å². The molecule has 1 aliphatic carbocycles. The summed E-state index contributed by atoms with van der Waals surface area (Å²) in [6.07, 6.45) is 5.94. The molecule has 3 N–H and O–H groups in total. The monoisotopic (exact) mass is 347 g/mol. The number of rotatable bonds is 3. The van der Waals surface area contributed by atoms with E-state index in [-0.39, 0.29) is 0 Å². The number of hydrogen-bond acceptors (Lipinski definition) is 5. The highest BCUT2D eigenvalue weighted by atomic mass is 16.5. The van der Waals surface area contributed by atoms with Gasteiger partial charge in [-0.3, -0.25) is 4.68 Å². The van der Waals surface area contributed by atoms with Gasteiger partial charge in [0.2, 0.25) is 0 Å². The zero-order valence-electron chi connectivity index (χ0n) is 14.2. The molecule has 0 saturated heterocycles. The minimum atomic E-state index is -0.438. The largest absolute Gasteiger partial charge is 0.465 e. The molecule has 3 heterocycles. The molecule has 0 unspecified atom stereocenters. The third-order valence-electron chi connectivity index (χ3n) is 4.86. The number of pyridine rings is 1. The molecule has 0 amide bonds. The lowest BCUT2D eigenvalue weighted by molar-refractivity contribution is 0.0602. The summed E-state index contributed by atoms with van der Waals surface area (Å²) in [6, 6.07) is 8.59. The van der Waals surface area contributed by atoms with Crippen LogP contribution >= 0.6 is 0 Å². The Morgan fingerprint density at radius 2 is 2.19 bits per heavy atom. The number of nitrogens with zero attached hydrogens (tertiary/aromatic N) is 3. The number of nitrogens with one attached hydrogen (secondary N) is 1. The number of aromatic nitrogens is 4. The number of carbonyl (C=O) groups excluding carboxylic acids is 1. The number of hydrogen-bond donors (Lipinski definition) is 2. The molecule has 1 saturated carbocycles. The average Bonchev–Trinajstić information content (AvgIpc) is 3.25. The second-order valence-electron chi connectivity index (χ2n) is 6.63. The molecular formula is C19H17N5O2. The topological polar surface area (TPSA) is 98.8 Å². The minimum Gasteiger partial charge on any atom is -0.465 e. The third-order valence-corrected chi connectivity index (χ3v) is 4.86. The Morgan fingerprint density at radius 1 is 1.35 bits per heavy atom. The predicted molar refractivity (Wildman–Crippen MR) is 98.8 cm³/mol. The number of fused-ring (bicyclic) bond motifs is 2. The van der Waals surface area contributed by atoms with E-state index in [1.165, 1.54) is 26.1 Å². The molecule has 0 atom stereocenters. The molecule has 1 aliphatic rings. The van der Waals surface area contributed by atoms with Crippen LogP contribution in [0.25, 0.3) is 33.1 Å². The number of ether oxygens (including phenoxy) is 1. The number of aromatic amines is 1. The first-order chi connectivity index (χ1) is 12.6. The highest BCUT2D eigenvalue weighted by Gasteiger charge is 2.24. The summed E-state index contributed by atoms with van der Waals surface area (Å²) in [5.41, 5.74) is 9.78. The Morgan fingerprint density at radius 3 is 2.96 bits per heavy atom. The summed E-state index contributed by atoms with van der Waals surface area (Å²) in [5, 5.41) is 6.50. The van der Waals surface area contributed by atoms with Crippen molar-refractivity contribution in [2.45, 2.75) is 18.9 Å². The molecule has 7 nitrogen and oxygen atoms in total. The van der Waals surface area contributed by atoms with Crippen LogP contribution in [0.15, 0.2) is 36.7 Å². The van der Waals surface area contributed by atoms with Crippen molar-refractivity contribution in [3.63, 3.8) is 0 Å². The van der Waals surface area contributed by atoms with E-state index in [0.717, 1.165) is 22.2 Å². The second kappa shape index (κ2) is 5.32. The number of anilines is 1. The molecule has 7 heteroatoms. The zero-order valence-corrected chi connectivity index (χ0v) is 14.2. The minimum absolute atomic E-state index is 0.345. The van der Waals surface area contributed by atoms with E-state index in [9.17, 15) is 4.79 Å². The third kappa shape index (κ3) is 2.24. The van der Waals surface area contributed by atoms with Crippen LogP contribution in [-0.2, 0) is 4.74 Å². The molecule has 26 heavy (non-hydrogen) atoms. The summed E-state index contributed by atoms with van der Waals surface area (Å²) >= 11 is 0. The van der Waals surface area contributed by atoms with Crippen molar-refractivity contribution in [3.8, 4) is 11.3 Å². The van der Waals surface area contributed by atoms with Gasteiger partial charge in [-0.15, -0.1) is 0 Å². The summed E-state index contributed by atoms with van der Waals surface area (Å²) < 4.78 is 6.89. The van der Waals surface area contributed by atoms with E-state index in [1.807, 2.05) is 18.2 Å². The van der Waals surface area contributed by atoms with Gasteiger partial charge in [0, 0.05) is 34.4 Å². The maximum Gasteiger partial charge on any atom is 0.340 e. The Kier molecular flexibility index (Phi) is 3.06. The molecule has 0 aliphatic heterocycles. The van der Waals surface area contributed by atoms with Crippen LogP contribution in [0.5, 0.6) is 0 Å². The van der Waals surface area contributed by atoms with E-state index >= 15 is 0 Å². The van der Waals surface area contributed by atoms with Crippen molar-refractivity contribution < 1.29 is 9.53 Å². The van der Waals surface area contributed by atoms with E-state index in [4.69, 9.17) is 10.5 Å². The van der Waals surface area contributed by atoms with Gasteiger partial charge in [0.1, 0.15) is 5.82 Å². The van der Waals surface area contributed by atoms with Crippen molar-refractivity contribution in [1.82, 2.24) is 19.7 Å². The molecule has 0 spiro atoms. The first-order valence-corrected chi connectivity index (χ1v) is 8.49. The van der Waals surface area contributed by atoms with Gasteiger partial charge in [-0.2, -0.15) is 5.10 Å². The number of esters is 1. The Labute approximate surface area is 148 Å². The van der Waals surface area contributed by atoms with Crippen LogP contribution in [0.2, 0.25) is 0 Å². The number of carbonyl (C=O) groups is 1. The van der Waals surface area contributed by atoms with Crippen molar-refractivity contribution in [2.24, 2.45) is 0 Å².